The molecule has 3 fully saturated rings. The standard InChI is InChI=1S/C29H47N3O5/c1-8-13-21(6)31(16-11-4)27(36)24-29-19-20(5)28(7,37-29)22(25(34)30(14-9-2)15-10-3)23(29)26(35)32(24)17-12-18-33/h9,11,20-24,33H,2,4,8,10,12-19H2,1,3,5-7H3/t20?,21?,22-,23+,24?,28+,29?/m1/s1. The Balaban J connectivity index is 2.12. The number of aliphatic hydroxyl groups is 1. The number of carbonyl (C=O) groups is 3. The molecular weight excluding hydrogens is 470 g/mol. The van der Waals surface area contributed by atoms with Crippen molar-refractivity contribution in [3.8, 4) is 0 Å². The van der Waals surface area contributed by atoms with Gasteiger partial charge in [-0.3, -0.25) is 14.4 Å². The Bertz CT molecular complexity index is 893. The maximum absolute atomic E-state index is 14.4. The smallest absolute Gasteiger partial charge is 0.248 e. The van der Waals surface area contributed by atoms with Gasteiger partial charge in [-0.2, -0.15) is 0 Å². The number of amides is 3. The fourth-order valence-corrected chi connectivity index (χ4v) is 7.15. The van der Waals surface area contributed by atoms with Gasteiger partial charge >= 0.3 is 0 Å². The minimum atomic E-state index is -1.07. The van der Waals surface area contributed by atoms with E-state index in [9.17, 15) is 19.5 Å². The van der Waals surface area contributed by atoms with Gasteiger partial charge in [-0.1, -0.05) is 39.3 Å². The van der Waals surface area contributed by atoms with Gasteiger partial charge in [0.1, 0.15) is 11.6 Å². The predicted octanol–water partition coefficient (Wildman–Crippen LogP) is 3.01. The van der Waals surface area contributed by atoms with Crippen LogP contribution in [0.1, 0.15) is 66.7 Å². The Hall–Kier alpha value is -2.19. The first-order chi connectivity index (χ1) is 17.6. The van der Waals surface area contributed by atoms with Crippen LogP contribution in [-0.2, 0) is 19.1 Å². The van der Waals surface area contributed by atoms with Gasteiger partial charge < -0.3 is 24.5 Å². The summed E-state index contributed by atoms with van der Waals surface area (Å²) < 4.78 is 6.83. The van der Waals surface area contributed by atoms with E-state index in [1.54, 1.807) is 26.9 Å². The highest BCUT2D eigenvalue weighted by Crippen LogP contribution is 2.65. The molecule has 3 heterocycles. The molecule has 0 aromatic carbocycles. The molecule has 2 bridgehead atoms. The summed E-state index contributed by atoms with van der Waals surface area (Å²) in [6, 6.07) is -0.866. The molecule has 0 saturated carbocycles. The zero-order valence-electron chi connectivity index (χ0n) is 23.4. The van der Waals surface area contributed by atoms with E-state index in [0.29, 0.717) is 32.5 Å². The van der Waals surface area contributed by atoms with Crippen LogP contribution in [-0.4, -0.2) is 93.6 Å². The zero-order chi connectivity index (χ0) is 27.5. The van der Waals surface area contributed by atoms with E-state index in [2.05, 4.69) is 27.0 Å². The average molecular weight is 518 g/mol. The third kappa shape index (κ3) is 4.76. The van der Waals surface area contributed by atoms with E-state index >= 15 is 0 Å². The number of rotatable bonds is 14. The Kier molecular flexibility index (Phi) is 9.27. The average Bonchev–Trinajstić information content (AvgIpc) is 3.37. The number of fused-ring (bicyclic) bond motifs is 1. The molecule has 4 unspecified atom stereocenters. The van der Waals surface area contributed by atoms with Gasteiger partial charge in [0.25, 0.3) is 0 Å². The van der Waals surface area contributed by atoms with E-state index in [1.807, 2.05) is 20.8 Å². The van der Waals surface area contributed by atoms with Gasteiger partial charge in [0.15, 0.2) is 0 Å². The van der Waals surface area contributed by atoms with Crippen molar-refractivity contribution in [2.45, 2.75) is 90.0 Å². The molecule has 3 aliphatic rings. The van der Waals surface area contributed by atoms with Crippen LogP contribution in [0.15, 0.2) is 25.3 Å². The molecule has 1 N–H and O–H groups in total. The van der Waals surface area contributed by atoms with Crippen LogP contribution in [0, 0.1) is 17.8 Å². The molecule has 3 saturated heterocycles. The van der Waals surface area contributed by atoms with Crippen LogP contribution in [0.4, 0.5) is 0 Å². The molecule has 8 nitrogen and oxygen atoms in total. The lowest BCUT2D eigenvalue weighted by atomic mass is 9.62. The number of ether oxygens (including phenoxy) is 1. The second-order valence-electron chi connectivity index (χ2n) is 11.3. The monoisotopic (exact) mass is 517 g/mol. The van der Waals surface area contributed by atoms with Crippen LogP contribution in [0.3, 0.4) is 0 Å². The molecule has 3 rings (SSSR count). The van der Waals surface area contributed by atoms with Crippen molar-refractivity contribution in [2.24, 2.45) is 17.8 Å². The number of carbonyl (C=O) groups excluding carboxylic acids is 3. The van der Waals surface area contributed by atoms with Gasteiger partial charge in [-0.05, 0) is 45.4 Å². The highest BCUT2D eigenvalue weighted by atomic mass is 16.5. The molecule has 37 heavy (non-hydrogen) atoms. The first-order valence-electron chi connectivity index (χ1n) is 14.0. The van der Waals surface area contributed by atoms with E-state index < -0.39 is 29.1 Å². The van der Waals surface area contributed by atoms with Gasteiger partial charge in [-0.25, -0.2) is 0 Å². The van der Waals surface area contributed by atoms with Crippen molar-refractivity contribution in [1.82, 2.24) is 14.7 Å². The molecule has 7 atom stereocenters. The lowest BCUT2D eigenvalue weighted by molar-refractivity contribution is -0.155. The van der Waals surface area contributed by atoms with Crippen LogP contribution >= 0.6 is 0 Å². The zero-order valence-corrected chi connectivity index (χ0v) is 23.4. The normalized spacial score (nSPS) is 32.8. The summed E-state index contributed by atoms with van der Waals surface area (Å²) in [6.45, 7) is 19.3. The maximum atomic E-state index is 14.4. The Morgan fingerprint density at radius 1 is 1.22 bits per heavy atom. The summed E-state index contributed by atoms with van der Waals surface area (Å²) in [4.78, 5) is 47.7. The van der Waals surface area contributed by atoms with E-state index in [4.69, 9.17) is 4.74 Å². The van der Waals surface area contributed by atoms with E-state index in [0.717, 1.165) is 19.3 Å². The van der Waals surface area contributed by atoms with Crippen molar-refractivity contribution in [3.63, 3.8) is 0 Å². The van der Waals surface area contributed by atoms with Crippen molar-refractivity contribution >= 4 is 17.7 Å². The summed E-state index contributed by atoms with van der Waals surface area (Å²) in [5, 5.41) is 9.59. The molecule has 0 radical (unpaired) electrons. The topological polar surface area (TPSA) is 90.4 Å². The molecule has 8 heteroatoms. The highest BCUT2D eigenvalue weighted by molar-refractivity contribution is 5.99. The molecule has 0 aromatic heterocycles. The number of hydrogen-bond donors (Lipinski definition) is 1. The summed E-state index contributed by atoms with van der Waals surface area (Å²) in [7, 11) is 0. The number of hydrogen-bond acceptors (Lipinski definition) is 5. The Labute approximate surface area is 222 Å². The summed E-state index contributed by atoms with van der Waals surface area (Å²) >= 11 is 0. The predicted molar refractivity (Wildman–Crippen MR) is 144 cm³/mol. The molecule has 3 amide bonds. The van der Waals surface area contributed by atoms with Crippen molar-refractivity contribution in [2.75, 3.05) is 32.8 Å². The summed E-state index contributed by atoms with van der Waals surface area (Å²) in [6.07, 6.45) is 6.86. The van der Waals surface area contributed by atoms with Crippen LogP contribution < -0.4 is 0 Å². The lowest BCUT2D eigenvalue weighted by Gasteiger charge is -2.39. The Morgan fingerprint density at radius 3 is 2.46 bits per heavy atom. The van der Waals surface area contributed by atoms with Crippen molar-refractivity contribution < 1.29 is 24.2 Å². The largest absolute Gasteiger partial charge is 0.396 e. The molecule has 208 valence electrons. The second kappa shape index (κ2) is 11.7. The summed E-state index contributed by atoms with van der Waals surface area (Å²) in [5.74, 6) is -1.89. The third-order valence-corrected chi connectivity index (χ3v) is 8.87. The third-order valence-electron chi connectivity index (χ3n) is 8.87. The molecule has 0 aromatic rings. The van der Waals surface area contributed by atoms with Gasteiger partial charge in [0, 0.05) is 38.8 Å². The number of aliphatic hydroxyl groups excluding tert-OH is 1. The summed E-state index contributed by atoms with van der Waals surface area (Å²) in [5.41, 5.74) is -1.92. The Morgan fingerprint density at radius 2 is 1.89 bits per heavy atom. The fourth-order valence-electron chi connectivity index (χ4n) is 7.15. The first-order valence-corrected chi connectivity index (χ1v) is 14.0. The number of nitrogens with zero attached hydrogens (tertiary/aromatic N) is 3. The first kappa shape index (κ1) is 29.4. The molecule has 0 aliphatic carbocycles. The minimum absolute atomic E-state index is 0.00767. The van der Waals surface area contributed by atoms with Crippen molar-refractivity contribution in [3.05, 3.63) is 25.3 Å². The quantitative estimate of drug-likeness (QED) is 0.358. The SMILES string of the molecule is C=CCN(CCC)C(=O)[C@H]1[C@H]2C(=O)N(CCCO)C(C(=O)N(CC=C)C(C)CCC)C23CC(C)[C@]1(C)O3. The van der Waals surface area contributed by atoms with Gasteiger partial charge in [0.2, 0.25) is 17.7 Å². The van der Waals surface area contributed by atoms with Crippen LogP contribution in [0.25, 0.3) is 0 Å². The van der Waals surface area contributed by atoms with E-state index in [1.165, 1.54) is 0 Å². The molecular formula is C29H47N3O5. The van der Waals surface area contributed by atoms with E-state index in [-0.39, 0.29) is 42.8 Å². The van der Waals surface area contributed by atoms with Crippen LogP contribution in [0.2, 0.25) is 0 Å². The fraction of sp³-hybridized carbons (Fsp3) is 0.759. The maximum Gasteiger partial charge on any atom is 0.248 e. The lowest BCUT2D eigenvalue weighted by Crippen LogP contribution is -2.58. The second-order valence-corrected chi connectivity index (χ2v) is 11.3. The minimum Gasteiger partial charge on any atom is -0.396 e. The molecule has 1 spiro atoms. The molecule has 3 aliphatic heterocycles. The highest BCUT2D eigenvalue weighted by Gasteiger charge is 2.80. The van der Waals surface area contributed by atoms with Gasteiger partial charge in [-0.15, -0.1) is 13.2 Å². The number of likely N-dealkylation sites (tertiary alicyclic amines) is 1. The van der Waals surface area contributed by atoms with Crippen LogP contribution in [0.5, 0.6) is 0 Å². The van der Waals surface area contributed by atoms with Crippen molar-refractivity contribution in [1.29, 1.82) is 0 Å². The van der Waals surface area contributed by atoms with Gasteiger partial charge in [0.05, 0.1) is 17.4 Å².